The number of carbonyl (C=O) groups is 1. The van der Waals surface area contributed by atoms with Crippen LogP contribution < -0.4 is 5.32 Å². The van der Waals surface area contributed by atoms with E-state index in [0.717, 1.165) is 5.69 Å². The van der Waals surface area contributed by atoms with Gasteiger partial charge in [0.15, 0.2) is 0 Å². The second-order valence-electron chi connectivity index (χ2n) is 3.80. The molecule has 76 valence electrons. The van der Waals surface area contributed by atoms with Gasteiger partial charge in [0.25, 0.3) is 0 Å². The van der Waals surface area contributed by atoms with E-state index in [-0.39, 0.29) is 12.0 Å². The molecule has 0 amide bonds. The molecular weight excluding hydrogens is 182 g/mol. The SMILES string of the molecule is Cc1ccn(C2(CC(=O)O)CNC2)n1. The number of nitrogens with zero attached hydrogens (tertiary/aromatic N) is 2. The zero-order chi connectivity index (χ0) is 10.2. The van der Waals surface area contributed by atoms with E-state index in [9.17, 15) is 4.79 Å². The van der Waals surface area contributed by atoms with Crippen molar-refractivity contribution in [1.82, 2.24) is 15.1 Å². The van der Waals surface area contributed by atoms with Crippen LogP contribution in [0, 0.1) is 6.92 Å². The van der Waals surface area contributed by atoms with E-state index in [4.69, 9.17) is 5.11 Å². The third kappa shape index (κ3) is 1.39. The molecule has 1 aliphatic heterocycles. The molecule has 1 aromatic heterocycles. The van der Waals surface area contributed by atoms with E-state index >= 15 is 0 Å². The zero-order valence-corrected chi connectivity index (χ0v) is 8.03. The van der Waals surface area contributed by atoms with Crippen LogP contribution in [0.5, 0.6) is 0 Å². The molecule has 1 aliphatic rings. The summed E-state index contributed by atoms with van der Waals surface area (Å²) in [7, 11) is 0. The van der Waals surface area contributed by atoms with Crippen LogP contribution in [-0.4, -0.2) is 33.9 Å². The van der Waals surface area contributed by atoms with Gasteiger partial charge in [0, 0.05) is 19.3 Å². The Morgan fingerprint density at radius 1 is 1.79 bits per heavy atom. The van der Waals surface area contributed by atoms with E-state index in [1.165, 1.54) is 0 Å². The fraction of sp³-hybridized carbons (Fsp3) is 0.556. The molecule has 5 heteroatoms. The van der Waals surface area contributed by atoms with Gasteiger partial charge in [0.05, 0.1) is 17.7 Å². The van der Waals surface area contributed by atoms with Crippen molar-refractivity contribution in [2.24, 2.45) is 0 Å². The van der Waals surface area contributed by atoms with Gasteiger partial charge >= 0.3 is 5.97 Å². The number of carboxylic acids is 1. The maximum atomic E-state index is 10.7. The number of aryl methyl sites for hydroxylation is 1. The van der Waals surface area contributed by atoms with Gasteiger partial charge in [-0.3, -0.25) is 9.48 Å². The summed E-state index contributed by atoms with van der Waals surface area (Å²) in [5, 5.41) is 16.2. The van der Waals surface area contributed by atoms with Crippen LogP contribution >= 0.6 is 0 Å². The summed E-state index contributed by atoms with van der Waals surface area (Å²) in [6, 6.07) is 1.89. The molecule has 0 radical (unpaired) electrons. The topological polar surface area (TPSA) is 67.2 Å². The molecule has 0 saturated carbocycles. The molecule has 1 fully saturated rings. The van der Waals surface area contributed by atoms with Crippen molar-refractivity contribution in [3.63, 3.8) is 0 Å². The number of aromatic nitrogens is 2. The number of hydrogen-bond acceptors (Lipinski definition) is 3. The van der Waals surface area contributed by atoms with E-state index in [1.807, 2.05) is 19.2 Å². The van der Waals surface area contributed by atoms with Gasteiger partial charge in [-0.2, -0.15) is 5.10 Å². The van der Waals surface area contributed by atoms with Gasteiger partial charge in [-0.15, -0.1) is 0 Å². The second kappa shape index (κ2) is 3.09. The van der Waals surface area contributed by atoms with Crippen LogP contribution in [0.15, 0.2) is 12.3 Å². The second-order valence-corrected chi connectivity index (χ2v) is 3.80. The van der Waals surface area contributed by atoms with E-state index < -0.39 is 5.97 Å². The van der Waals surface area contributed by atoms with Crippen LogP contribution in [0.1, 0.15) is 12.1 Å². The molecule has 2 heterocycles. The summed E-state index contributed by atoms with van der Waals surface area (Å²) in [5.74, 6) is -0.778. The van der Waals surface area contributed by atoms with Gasteiger partial charge < -0.3 is 10.4 Å². The number of rotatable bonds is 3. The van der Waals surface area contributed by atoms with Crippen molar-refractivity contribution in [3.8, 4) is 0 Å². The minimum atomic E-state index is -0.778. The molecule has 2 N–H and O–H groups in total. The minimum Gasteiger partial charge on any atom is -0.481 e. The lowest BCUT2D eigenvalue weighted by Gasteiger charge is -2.41. The first kappa shape index (κ1) is 9.21. The molecule has 14 heavy (non-hydrogen) atoms. The number of aliphatic carboxylic acids is 1. The van der Waals surface area contributed by atoms with Gasteiger partial charge in [-0.25, -0.2) is 0 Å². The van der Waals surface area contributed by atoms with Gasteiger partial charge in [-0.05, 0) is 13.0 Å². The Labute approximate surface area is 81.7 Å². The predicted octanol–water partition coefficient (Wildman–Crippen LogP) is -0.0353. The van der Waals surface area contributed by atoms with Crippen LogP contribution in [-0.2, 0) is 10.3 Å². The Hall–Kier alpha value is -1.36. The van der Waals surface area contributed by atoms with Crippen molar-refractivity contribution >= 4 is 5.97 Å². The first-order chi connectivity index (χ1) is 6.62. The normalized spacial score (nSPS) is 18.9. The Balaban J connectivity index is 2.24. The van der Waals surface area contributed by atoms with Crippen molar-refractivity contribution in [2.75, 3.05) is 13.1 Å². The molecule has 2 rings (SSSR count). The number of carboxylic acid groups (broad SMARTS) is 1. The molecule has 0 aromatic carbocycles. The predicted molar refractivity (Wildman–Crippen MR) is 50.1 cm³/mol. The largest absolute Gasteiger partial charge is 0.481 e. The van der Waals surface area contributed by atoms with Crippen LogP contribution in [0.2, 0.25) is 0 Å². The zero-order valence-electron chi connectivity index (χ0n) is 8.03. The smallest absolute Gasteiger partial charge is 0.305 e. The molecule has 1 aromatic rings. The third-order valence-corrected chi connectivity index (χ3v) is 2.60. The Morgan fingerprint density at radius 3 is 2.86 bits per heavy atom. The summed E-state index contributed by atoms with van der Waals surface area (Å²) in [4.78, 5) is 10.7. The first-order valence-corrected chi connectivity index (χ1v) is 4.58. The fourth-order valence-corrected chi connectivity index (χ4v) is 1.74. The quantitative estimate of drug-likeness (QED) is 0.710. The summed E-state index contributed by atoms with van der Waals surface area (Å²) < 4.78 is 1.77. The molecule has 1 saturated heterocycles. The Bertz CT molecular complexity index is 355. The van der Waals surface area contributed by atoms with E-state index in [2.05, 4.69) is 10.4 Å². The summed E-state index contributed by atoms with van der Waals surface area (Å²) in [6.45, 7) is 3.26. The van der Waals surface area contributed by atoms with E-state index in [1.54, 1.807) is 4.68 Å². The fourth-order valence-electron chi connectivity index (χ4n) is 1.74. The third-order valence-electron chi connectivity index (χ3n) is 2.60. The summed E-state index contributed by atoms with van der Waals surface area (Å²) >= 11 is 0. The minimum absolute atomic E-state index is 0.126. The number of hydrogen-bond donors (Lipinski definition) is 2. The molecule has 0 aliphatic carbocycles. The Kier molecular flexibility index (Phi) is 2.03. The van der Waals surface area contributed by atoms with Crippen LogP contribution in [0.25, 0.3) is 0 Å². The van der Waals surface area contributed by atoms with Crippen molar-refractivity contribution in [2.45, 2.75) is 18.9 Å². The number of nitrogens with one attached hydrogen (secondary N) is 1. The lowest BCUT2D eigenvalue weighted by molar-refractivity contribution is -0.140. The van der Waals surface area contributed by atoms with Gasteiger partial charge in [-0.1, -0.05) is 0 Å². The molecular formula is C9H13N3O2. The van der Waals surface area contributed by atoms with Crippen molar-refractivity contribution in [3.05, 3.63) is 18.0 Å². The van der Waals surface area contributed by atoms with Gasteiger partial charge in [0.1, 0.15) is 0 Å². The Morgan fingerprint density at radius 2 is 2.50 bits per heavy atom. The highest BCUT2D eigenvalue weighted by atomic mass is 16.4. The highest BCUT2D eigenvalue weighted by Gasteiger charge is 2.41. The molecule has 5 nitrogen and oxygen atoms in total. The average molecular weight is 195 g/mol. The summed E-state index contributed by atoms with van der Waals surface area (Å²) in [5.41, 5.74) is 0.571. The summed E-state index contributed by atoms with van der Waals surface area (Å²) in [6.07, 6.45) is 1.97. The van der Waals surface area contributed by atoms with Crippen LogP contribution in [0.4, 0.5) is 0 Å². The highest BCUT2D eigenvalue weighted by molar-refractivity contribution is 5.68. The van der Waals surface area contributed by atoms with Crippen molar-refractivity contribution in [1.29, 1.82) is 0 Å². The lowest BCUT2D eigenvalue weighted by Crippen LogP contribution is -2.61. The maximum absolute atomic E-state index is 10.7. The molecule has 0 atom stereocenters. The average Bonchev–Trinajstić information content (AvgIpc) is 2.44. The molecule has 0 bridgehead atoms. The van der Waals surface area contributed by atoms with E-state index in [0.29, 0.717) is 13.1 Å². The monoisotopic (exact) mass is 195 g/mol. The van der Waals surface area contributed by atoms with Gasteiger partial charge in [0.2, 0.25) is 0 Å². The highest BCUT2D eigenvalue weighted by Crippen LogP contribution is 2.25. The molecule has 0 unspecified atom stereocenters. The maximum Gasteiger partial charge on any atom is 0.305 e. The van der Waals surface area contributed by atoms with Crippen molar-refractivity contribution < 1.29 is 9.90 Å². The van der Waals surface area contributed by atoms with Crippen LogP contribution in [0.3, 0.4) is 0 Å². The lowest BCUT2D eigenvalue weighted by atomic mass is 9.89. The molecule has 0 spiro atoms. The standard InChI is InChI=1S/C9H13N3O2/c1-7-2-3-12(11-7)9(4-8(13)14)5-10-6-9/h2-3,10H,4-6H2,1H3,(H,13,14). The first-order valence-electron chi connectivity index (χ1n) is 4.58.